The molecule has 1 fully saturated rings. The van der Waals surface area contributed by atoms with Crippen LogP contribution < -0.4 is 9.64 Å². The number of imide groups is 1. The number of halogens is 1. The van der Waals surface area contributed by atoms with E-state index in [1.54, 1.807) is 6.92 Å². The van der Waals surface area contributed by atoms with Crippen molar-refractivity contribution >= 4 is 17.5 Å². The summed E-state index contributed by atoms with van der Waals surface area (Å²) < 4.78 is 24.5. The molecule has 3 aromatic rings. The number of oxazole rings is 1. The Hall–Kier alpha value is -4.08. The van der Waals surface area contributed by atoms with Crippen LogP contribution in [0, 0.1) is 12.7 Å². The maximum absolute atomic E-state index is 13.3. The second-order valence-corrected chi connectivity index (χ2v) is 7.66. The normalized spacial score (nSPS) is 19.5. The van der Waals surface area contributed by atoms with Crippen molar-refractivity contribution in [2.24, 2.45) is 10.3 Å². The minimum Gasteiger partial charge on any atom is -0.494 e. The first-order chi connectivity index (χ1) is 16.0. The Kier molecular flexibility index (Phi) is 5.12. The van der Waals surface area contributed by atoms with Gasteiger partial charge in [-0.05, 0) is 62.4 Å². The molecule has 0 bridgehead atoms. The van der Waals surface area contributed by atoms with E-state index in [0.29, 0.717) is 29.6 Å². The summed E-state index contributed by atoms with van der Waals surface area (Å²) in [5, 5.41) is 9.51. The van der Waals surface area contributed by atoms with Crippen LogP contribution in [0.2, 0.25) is 0 Å². The van der Waals surface area contributed by atoms with Gasteiger partial charge in [0.1, 0.15) is 23.0 Å². The summed E-state index contributed by atoms with van der Waals surface area (Å²) in [6.07, 6.45) is 0. The fourth-order valence-electron chi connectivity index (χ4n) is 3.91. The molecule has 1 saturated heterocycles. The van der Waals surface area contributed by atoms with Gasteiger partial charge in [-0.3, -0.25) is 14.6 Å². The molecular formula is C23H20FN5O4. The van der Waals surface area contributed by atoms with Crippen molar-refractivity contribution in [3.63, 3.8) is 0 Å². The first kappa shape index (κ1) is 20.8. The number of aryl methyl sites for hydroxylation is 1. The molecule has 33 heavy (non-hydrogen) atoms. The molecule has 2 amide bonds. The third kappa shape index (κ3) is 3.63. The van der Waals surface area contributed by atoms with Gasteiger partial charge in [0, 0.05) is 5.56 Å². The average Bonchev–Trinajstić information content (AvgIpc) is 3.46. The molecule has 5 rings (SSSR count). The van der Waals surface area contributed by atoms with Crippen LogP contribution in [0.4, 0.5) is 10.1 Å². The van der Waals surface area contributed by atoms with Crippen LogP contribution in [-0.4, -0.2) is 40.5 Å². The Morgan fingerprint density at radius 1 is 1.06 bits per heavy atom. The molecule has 3 heterocycles. The molecule has 2 atom stereocenters. The number of anilines is 1. The van der Waals surface area contributed by atoms with E-state index in [9.17, 15) is 14.0 Å². The van der Waals surface area contributed by atoms with E-state index < -0.39 is 29.7 Å². The van der Waals surface area contributed by atoms with Gasteiger partial charge >= 0.3 is 0 Å². The Labute approximate surface area is 188 Å². The first-order valence-electron chi connectivity index (χ1n) is 10.5. The van der Waals surface area contributed by atoms with Gasteiger partial charge in [0.15, 0.2) is 12.1 Å². The van der Waals surface area contributed by atoms with Gasteiger partial charge in [-0.25, -0.2) is 14.3 Å². The first-order valence-corrected chi connectivity index (χ1v) is 10.5. The highest BCUT2D eigenvalue weighted by Gasteiger charge is 2.54. The van der Waals surface area contributed by atoms with Crippen LogP contribution in [0.3, 0.4) is 0 Å². The van der Waals surface area contributed by atoms with Crippen molar-refractivity contribution in [2.45, 2.75) is 32.5 Å². The van der Waals surface area contributed by atoms with E-state index in [0.717, 1.165) is 16.2 Å². The summed E-state index contributed by atoms with van der Waals surface area (Å²) in [6.45, 7) is 4.41. The number of ether oxygens (including phenoxy) is 1. The number of fused-ring (bicyclic) bond motifs is 1. The number of benzene rings is 2. The SMILES string of the molecule is CCOc1ccc(-c2nc(CN3N=N[C@H]4C(=O)N(c5ccc(F)cc5)C(=O)[C@@H]43)c(C)o2)cc1. The lowest BCUT2D eigenvalue weighted by molar-refractivity contribution is -0.123. The third-order valence-corrected chi connectivity index (χ3v) is 5.56. The molecule has 10 heteroatoms. The van der Waals surface area contributed by atoms with Gasteiger partial charge in [-0.1, -0.05) is 5.22 Å². The Morgan fingerprint density at radius 2 is 1.79 bits per heavy atom. The van der Waals surface area contributed by atoms with Crippen LogP contribution in [0.1, 0.15) is 18.4 Å². The molecule has 9 nitrogen and oxygen atoms in total. The summed E-state index contributed by atoms with van der Waals surface area (Å²) >= 11 is 0. The van der Waals surface area contributed by atoms with Crippen molar-refractivity contribution in [1.29, 1.82) is 0 Å². The maximum atomic E-state index is 13.3. The quantitative estimate of drug-likeness (QED) is 0.532. The zero-order chi connectivity index (χ0) is 23.1. The van der Waals surface area contributed by atoms with E-state index >= 15 is 0 Å². The highest BCUT2D eigenvalue weighted by molar-refractivity contribution is 6.25. The van der Waals surface area contributed by atoms with Gasteiger partial charge in [0.2, 0.25) is 5.89 Å². The Morgan fingerprint density at radius 3 is 2.48 bits per heavy atom. The number of hydrogen-bond donors (Lipinski definition) is 0. The topological polar surface area (TPSA) is 101 Å². The number of amides is 2. The minimum absolute atomic E-state index is 0.146. The predicted octanol–water partition coefficient (Wildman–Crippen LogP) is 3.68. The molecular weight excluding hydrogens is 429 g/mol. The Balaban J connectivity index is 1.35. The second-order valence-electron chi connectivity index (χ2n) is 7.66. The second kappa shape index (κ2) is 8.12. The molecule has 0 saturated carbocycles. The van der Waals surface area contributed by atoms with E-state index in [-0.39, 0.29) is 6.54 Å². The summed E-state index contributed by atoms with van der Waals surface area (Å²) in [5.74, 6) is 0.349. The summed E-state index contributed by atoms with van der Waals surface area (Å²) in [7, 11) is 0. The lowest BCUT2D eigenvalue weighted by Crippen LogP contribution is -2.39. The fraction of sp³-hybridized carbons (Fsp3) is 0.261. The fourth-order valence-corrected chi connectivity index (χ4v) is 3.91. The van der Waals surface area contributed by atoms with Gasteiger partial charge in [0.25, 0.3) is 11.8 Å². The zero-order valence-corrected chi connectivity index (χ0v) is 17.9. The third-order valence-electron chi connectivity index (χ3n) is 5.56. The largest absolute Gasteiger partial charge is 0.494 e. The summed E-state index contributed by atoms with van der Waals surface area (Å²) in [5.41, 5.74) is 1.66. The van der Waals surface area contributed by atoms with Gasteiger partial charge in [-0.2, -0.15) is 5.11 Å². The monoisotopic (exact) mass is 449 g/mol. The van der Waals surface area contributed by atoms with Crippen LogP contribution in [0.5, 0.6) is 5.75 Å². The number of nitrogens with zero attached hydrogens (tertiary/aromatic N) is 5. The van der Waals surface area contributed by atoms with Crippen LogP contribution in [0.15, 0.2) is 63.3 Å². The van der Waals surface area contributed by atoms with Gasteiger partial charge < -0.3 is 9.15 Å². The van der Waals surface area contributed by atoms with Gasteiger partial charge in [-0.15, -0.1) is 0 Å². The lowest BCUT2D eigenvalue weighted by Gasteiger charge is -2.19. The molecule has 2 aromatic carbocycles. The highest BCUT2D eigenvalue weighted by Crippen LogP contribution is 2.33. The summed E-state index contributed by atoms with van der Waals surface area (Å²) in [6, 6.07) is 10.7. The average molecular weight is 449 g/mol. The number of carbonyl (C=O) groups is 2. The van der Waals surface area contributed by atoms with E-state index in [2.05, 4.69) is 15.3 Å². The van der Waals surface area contributed by atoms with Crippen molar-refractivity contribution < 1.29 is 23.1 Å². The predicted molar refractivity (Wildman–Crippen MR) is 115 cm³/mol. The van der Waals surface area contributed by atoms with Crippen LogP contribution in [0.25, 0.3) is 11.5 Å². The molecule has 0 unspecified atom stereocenters. The van der Waals surface area contributed by atoms with Crippen molar-refractivity contribution in [1.82, 2.24) is 9.99 Å². The van der Waals surface area contributed by atoms with Crippen LogP contribution in [-0.2, 0) is 16.1 Å². The molecule has 168 valence electrons. The van der Waals surface area contributed by atoms with Crippen LogP contribution >= 0.6 is 0 Å². The molecule has 2 aliphatic rings. The smallest absolute Gasteiger partial charge is 0.263 e. The molecule has 2 aliphatic heterocycles. The number of rotatable bonds is 6. The minimum atomic E-state index is -0.944. The standard InChI is InChI=1S/C23H20FN5O4/c1-3-32-17-10-4-14(5-11-17)21-25-18(13(2)33-21)12-28-20-19(26-27-28)22(30)29(23(20)31)16-8-6-15(24)7-9-16/h4-11,19-20H,3,12H2,1-2H3/t19-,20-/m1/s1. The van der Waals surface area contributed by atoms with E-state index in [4.69, 9.17) is 9.15 Å². The molecule has 0 aliphatic carbocycles. The molecule has 0 N–H and O–H groups in total. The molecule has 1 aromatic heterocycles. The Bertz CT molecular complexity index is 1240. The van der Waals surface area contributed by atoms with Gasteiger partial charge in [0.05, 0.1) is 18.8 Å². The molecule has 0 radical (unpaired) electrons. The lowest BCUT2D eigenvalue weighted by atomic mass is 10.1. The number of carbonyl (C=O) groups excluding carboxylic acids is 2. The highest BCUT2D eigenvalue weighted by atomic mass is 19.1. The maximum Gasteiger partial charge on any atom is 0.263 e. The number of hydrogen-bond acceptors (Lipinski definition) is 8. The molecule has 0 spiro atoms. The van der Waals surface area contributed by atoms with E-state index in [1.807, 2.05) is 31.2 Å². The van der Waals surface area contributed by atoms with Crippen molar-refractivity contribution in [2.75, 3.05) is 11.5 Å². The van der Waals surface area contributed by atoms with E-state index in [1.165, 1.54) is 29.3 Å². The number of aromatic nitrogens is 1. The van der Waals surface area contributed by atoms with Crippen molar-refractivity contribution in [3.8, 4) is 17.2 Å². The summed E-state index contributed by atoms with van der Waals surface area (Å²) in [4.78, 5) is 31.5. The zero-order valence-electron chi connectivity index (χ0n) is 17.9. The van der Waals surface area contributed by atoms with Crippen molar-refractivity contribution in [3.05, 3.63) is 65.8 Å².